The second-order valence-corrected chi connectivity index (χ2v) is 6.49. The molecule has 2 rings (SSSR count). The Bertz CT molecular complexity index is 508. The fourth-order valence-corrected chi connectivity index (χ4v) is 2.76. The summed E-state index contributed by atoms with van der Waals surface area (Å²) in [6, 6.07) is 19.6. The van der Waals surface area contributed by atoms with E-state index in [9.17, 15) is 0 Å². The SMILES string of the molecule is CC(C)CC(Nc1cccc(I)c1)c1ccccc1. The summed E-state index contributed by atoms with van der Waals surface area (Å²) in [4.78, 5) is 0. The monoisotopic (exact) mass is 365 g/mol. The molecule has 0 aliphatic carbocycles. The van der Waals surface area contributed by atoms with Crippen molar-refractivity contribution >= 4 is 28.3 Å². The topological polar surface area (TPSA) is 12.0 Å². The van der Waals surface area contributed by atoms with Crippen molar-refractivity contribution in [2.75, 3.05) is 5.32 Å². The van der Waals surface area contributed by atoms with Crippen LogP contribution in [-0.4, -0.2) is 0 Å². The molecule has 1 unspecified atom stereocenters. The fraction of sp³-hybridized carbons (Fsp3) is 0.294. The molecule has 0 heterocycles. The van der Waals surface area contributed by atoms with Crippen LogP contribution in [0.4, 0.5) is 5.69 Å². The largest absolute Gasteiger partial charge is 0.378 e. The van der Waals surface area contributed by atoms with Crippen molar-refractivity contribution in [1.29, 1.82) is 0 Å². The van der Waals surface area contributed by atoms with Gasteiger partial charge in [-0.1, -0.05) is 50.2 Å². The summed E-state index contributed by atoms with van der Waals surface area (Å²) in [5.74, 6) is 0.667. The highest BCUT2D eigenvalue weighted by molar-refractivity contribution is 14.1. The number of rotatable bonds is 5. The van der Waals surface area contributed by atoms with Gasteiger partial charge in [-0.05, 0) is 58.7 Å². The molecule has 0 amide bonds. The van der Waals surface area contributed by atoms with E-state index in [4.69, 9.17) is 0 Å². The first-order chi connectivity index (χ1) is 9.15. The van der Waals surface area contributed by atoms with E-state index >= 15 is 0 Å². The molecule has 1 N–H and O–H groups in total. The van der Waals surface area contributed by atoms with E-state index in [0.717, 1.165) is 6.42 Å². The number of nitrogens with one attached hydrogen (secondary N) is 1. The molecule has 0 aliphatic rings. The Hall–Kier alpha value is -1.03. The van der Waals surface area contributed by atoms with E-state index in [1.165, 1.54) is 14.8 Å². The summed E-state index contributed by atoms with van der Waals surface area (Å²) < 4.78 is 1.26. The highest BCUT2D eigenvalue weighted by atomic mass is 127. The van der Waals surface area contributed by atoms with Crippen LogP contribution < -0.4 is 5.32 Å². The molecule has 0 bridgehead atoms. The zero-order chi connectivity index (χ0) is 13.7. The number of benzene rings is 2. The van der Waals surface area contributed by atoms with Gasteiger partial charge in [0.2, 0.25) is 0 Å². The van der Waals surface area contributed by atoms with Gasteiger partial charge < -0.3 is 5.32 Å². The van der Waals surface area contributed by atoms with Crippen LogP contribution in [0.3, 0.4) is 0 Å². The Labute approximate surface area is 129 Å². The second-order valence-electron chi connectivity index (χ2n) is 5.25. The minimum Gasteiger partial charge on any atom is -0.378 e. The summed E-state index contributed by atoms with van der Waals surface area (Å²) in [6.07, 6.45) is 1.13. The Balaban J connectivity index is 2.19. The third kappa shape index (κ3) is 4.53. The van der Waals surface area contributed by atoms with Crippen LogP contribution in [0.2, 0.25) is 0 Å². The summed E-state index contributed by atoms with van der Waals surface area (Å²) in [5, 5.41) is 3.66. The van der Waals surface area contributed by atoms with Gasteiger partial charge in [0.05, 0.1) is 6.04 Å². The van der Waals surface area contributed by atoms with Crippen molar-refractivity contribution in [2.24, 2.45) is 5.92 Å². The molecule has 2 heteroatoms. The molecule has 0 aliphatic heterocycles. The Morgan fingerprint density at radius 2 is 1.74 bits per heavy atom. The molecular formula is C17H20IN. The third-order valence-electron chi connectivity index (χ3n) is 3.07. The molecule has 1 nitrogen and oxygen atoms in total. The van der Waals surface area contributed by atoms with Crippen LogP contribution in [-0.2, 0) is 0 Å². The first-order valence-corrected chi connectivity index (χ1v) is 7.80. The molecule has 1 atom stereocenters. The van der Waals surface area contributed by atoms with E-state index in [1.54, 1.807) is 0 Å². The van der Waals surface area contributed by atoms with Crippen molar-refractivity contribution in [3.63, 3.8) is 0 Å². The summed E-state index contributed by atoms with van der Waals surface area (Å²) in [5.41, 5.74) is 2.55. The van der Waals surface area contributed by atoms with Crippen LogP contribution in [0.1, 0.15) is 31.9 Å². The van der Waals surface area contributed by atoms with Crippen LogP contribution in [0.5, 0.6) is 0 Å². The van der Waals surface area contributed by atoms with Crippen molar-refractivity contribution in [2.45, 2.75) is 26.3 Å². The Morgan fingerprint density at radius 1 is 1.00 bits per heavy atom. The highest BCUT2D eigenvalue weighted by Gasteiger charge is 2.13. The quantitative estimate of drug-likeness (QED) is 0.691. The smallest absolute Gasteiger partial charge is 0.0516 e. The number of anilines is 1. The number of hydrogen-bond donors (Lipinski definition) is 1. The second kappa shape index (κ2) is 6.94. The van der Waals surface area contributed by atoms with Gasteiger partial charge in [0.1, 0.15) is 0 Å². The van der Waals surface area contributed by atoms with Gasteiger partial charge in [-0.3, -0.25) is 0 Å². The lowest BCUT2D eigenvalue weighted by Crippen LogP contribution is -2.13. The standard InChI is InChI=1S/C17H20IN/c1-13(2)11-17(14-7-4-3-5-8-14)19-16-10-6-9-15(18)12-16/h3-10,12-13,17,19H,11H2,1-2H3. The van der Waals surface area contributed by atoms with E-state index in [0.29, 0.717) is 12.0 Å². The van der Waals surface area contributed by atoms with Crippen LogP contribution in [0.15, 0.2) is 54.6 Å². The fourth-order valence-electron chi connectivity index (χ4n) is 2.21. The average Bonchev–Trinajstić information content (AvgIpc) is 2.38. The third-order valence-corrected chi connectivity index (χ3v) is 3.75. The van der Waals surface area contributed by atoms with Gasteiger partial charge in [0, 0.05) is 9.26 Å². The molecule has 0 spiro atoms. The van der Waals surface area contributed by atoms with Crippen molar-refractivity contribution in [1.82, 2.24) is 0 Å². The normalized spacial score (nSPS) is 12.4. The first kappa shape index (κ1) is 14.4. The maximum absolute atomic E-state index is 3.66. The minimum atomic E-state index is 0.374. The number of halogens is 1. The zero-order valence-corrected chi connectivity index (χ0v) is 13.6. The molecule has 0 radical (unpaired) electrons. The van der Waals surface area contributed by atoms with Gasteiger partial charge in [-0.2, -0.15) is 0 Å². The Morgan fingerprint density at radius 3 is 2.37 bits per heavy atom. The molecule has 100 valence electrons. The number of hydrogen-bond acceptors (Lipinski definition) is 1. The lowest BCUT2D eigenvalue weighted by molar-refractivity contribution is 0.531. The molecule has 0 fully saturated rings. The van der Waals surface area contributed by atoms with Gasteiger partial charge in [0.15, 0.2) is 0 Å². The van der Waals surface area contributed by atoms with Crippen molar-refractivity contribution < 1.29 is 0 Å². The molecule has 0 aromatic heterocycles. The molecule has 0 saturated carbocycles. The highest BCUT2D eigenvalue weighted by Crippen LogP contribution is 2.26. The van der Waals surface area contributed by atoms with Crippen LogP contribution in [0.25, 0.3) is 0 Å². The zero-order valence-electron chi connectivity index (χ0n) is 11.4. The summed E-state index contributed by atoms with van der Waals surface area (Å²) >= 11 is 2.35. The minimum absolute atomic E-state index is 0.374. The summed E-state index contributed by atoms with van der Waals surface area (Å²) in [6.45, 7) is 4.54. The van der Waals surface area contributed by atoms with E-state index in [-0.39, 0.29) is 0 Å². The van der Waals surface area contributed by atoms with Crippen LogP contribution >= 0.6 is 22.6 Å². The average molecular weight is 365 g/mol. The first-order valence-electron chi connectivity index (χ1n) is 6.72. The molecule has 2 aromatic rings. The van der Waals surface area contributed by atoms with Crippen molar-refractivity contribution in [3.05, 3.63) is 63.7 Å². The van der Waals surface area contributed by atoms with Gasteiger partial charge >= 0.3 is 0 Å². The molecule has 2 aromatic carbocycles. The van der Waals surface area contributed by atoms with E-state index < -0.39 is 0 Å². The van der Waals surface area contributed by atoms with Gasteiger partial charge in [-0.15, -0.1) is 0 Å². The molecule has 0 saturated heterocycles. The predicted molar refractivity (Wildman–Crippen MR) is 91.4 cm³/mol. The predicted octanol–water partition coefficient (Wildman–Crippen LogP) is 5.49. The summed E-state index contributed by atoms with van der Waals surface area (Å²) in [7, 11) is 0. The lowest BCUT2D eigenvalue weighted by atomic mass is 9.97. The molecule has 19 heavy (non-hydrogen) atoms. The molecular weight excluding hydrogens is 345 g/mol. The van der Waals surface area contributed by atoms with Crippen LogP contribution in [0, 0.1) is 9.49 Å². The maximum Gasteiger partial charge on any atom is 0.0516 e. The Kier molecular flexibility index (Phi) is 5.25. The van der Waals surface area contributed by atoms with Crippen molar-refractivity contribution in [3.8, 4) is 0 Å². The van der Waals surface area contributed by atoms with E-state index in [2.05, 4.69) is 96.4 Å². The lowest BCUT2D eigenvalue weighted by Gasteiger charge is -2.22. The van der Waals surface area contributed by atoms with E-state index in [1.807, 2.05) is 0 Å². The van der Waals surface area contributed by atoms with Gasteiger partial charge in [-0.25, -0.2) is 0 Å². The van der Waals surface area contributed by atoms with Gasteiger partial charge in [0.25, 0.3) is 0 Å². The maximum atomic E-state index is 3.66.